The van der Waals surface area contributed by atoms with E-state index in [2.05, 4.69) is 40.9 Å². The molecule has 2 unspecified atom stereocenters. The Morgan fingerprint density at radius 3 is 2.67 bits per heavy atom. The third-order valence-electron chi connectivity index (χ3n) is 6.57. The van der Waals surface area contributed by atoms with Gasteiger partial charge >= 0.3 is 0 Å². The summed E-state index contributed by atoms with van der Waals surface area (Å²) in [5.41, 5.74) is 4.93. The van der Waals surface area contributed by atoms with Crippen molar-refractivity contribution in [1.29, 1.82) is 5.26 Å². The fourth-order valence-corrected chi connectivity index (χ4v) is 4.74. The molecule has 170 valence electrons. The van der Waals surface area contributed by atoms with Crippen LogP contribution in [0, 0.1) is 18.3 Å². The van der Waals surface area contributed by atoms with Gasteiger partial charge in [0.1, 0.15) is 0 Å². The molecule has 2 heterocycles. The molecule has 4 rings (SSSR count). The molecule has 1 fully saturated rings. The maximum absolute atomic E-state index is 13.4. The van der Waals surface area contributed by atoms with Crippen molar-refractivity contribution >= 4 is 11.6 Å². The lowest BCUT2D eigenvalue weighted by molar-refractivity contribution is -0.123. The molecule has 0 radical (unpaired) electrons. The number of anilines is 1. The van der Waals surface area contributed by atoms with Gasteiger partial charge in [0.15, 0.2) is 0 Å². The number of nitriles is 1. The van der Waals surface area contributed by atoms with Crippen LogP contribution in [0.4, 0.5) is 5.69 Å². The molecule has 1 amide bonds. The highest BCUT2D eigenvalue weighted by atomic mass is 16.2. The van der Waals surface area contributed by atoms with Crippen LogP contribution in [0.2, 0.25) is 0 Å². The number of H-pyrrole nitrogens is 1. The van der Waals surface area contributed by atoms with Gasteiger partial charge in [-0.05, 0) is 49.1 Å². The van der Waals surface area contributed by atoms with Gasteiger partial charge in [0.05, 0.1) is 36.2 Å². The van der Waals surface area contributed by atoms with E-state index in [9.17, 15) is 4.79 Å². The SMILES string of the molecule is CCCCC1CN(c2ccccc2C)C(=O)CN1C(Cc1ccc(C#N)cc1)c1cnc[nH]1. The second kappa shape index (κ2) is 10.5. The number of nitrogens with zero attached hydrogens (tertiary/aromatic N) is 4. The van der Waals surface area contributed by atoms with Crippen molar-refractivity contribution in [3.05, 3.63) is 83.4 Å². The molecule has 0 aliphatic carbocycles. The van der Waals surface area contributed by atoms with Crippen LogP contribution < -0.4 is 4.90 Å². The van der Waals surface area contributed by atoms with Crippen molar-refractivity contribution in [2.45, 2.75) is 51.6 Å². The summed E-state index contributed by atoms with van der Waals surface area (Å²) in [4.78, 5) is 25.3. The maximum Gasteiger partial charge on any atom is 0.241 e. The van der Waals surface area contributed by atoms with Crippen molar-refractivity contribution < 1.29 is 4.79 Å². The molecule has 0 saturated carbocycles. The summed E-state index contributed by atoms with van der Waals surface area (Å²) in [5, 5.41) is 9.14. The highest BCUT2D eigenvalue weighted by molar-refractivity contribution is 5.96. The fourth-order valence-electron chi connectivity index (χ4n) is 4.74. The van der Waals surface area contributed by atoms with Gasteiger partial charge in [-0.1, -0.05) is 50.1 Å². The first-order valence-electron chi connectivity index (χ1n) is 11.7. The largest absolute Gasteiger partial charge is 0.347 e. The van der Waals surface area contributed by atoms with E-state index in [-0.39, 0.29) is 18.0 Å². The molecule has 1 N–H and O–H groups in total. The summed E-state index contributed by atoms with van der Waals surface area (Å²) in [6, 6.07) is 18.3. The van der Waals surface area contributed by atoms with Crippen LogP contribution in [0.5, 0.6) is 0 Å². The molecular formula is C27H31N5O. The molecule has 6 nitrogen and oxygen atoms in total. The third-order valence-corrected chi connectivity index (χ3v) is 6.57. The number of unbranched alkanes of at least 4 members (excludes halogenated alkanes) is 1. The normalized spacial score (nSPS) is 17.7. The van der Waals surface area contributed by atoms with Crippen LogP contribution in [-0.2, 0) is 11.2 Å². The number of rotatable bonds is 8. The molecule has 6 heteroatoms. The van der Waals surface area contributed by atoms with E-state index in [0.29, 0.717) is 18.7 Å². The monoisotopic (exact) mass is 441 g/mol. The first-order valence-corrected chi connectivity index (χ1v) is 11.7. The summed E-state index contributed by atoms with van der Waals surface area (Å²) >= 11 is 0. The predicted octanol–water partition coefficient (Wildman–Crippen LogP) is 4.78. The van der Waals surface area contributed by atoms with E-state index < -0.39 is 0 Å². The Balaban J connectivity index is 1.65. The van der Waals surface area contributed by atoms with Gasteiger partial charge < -0.3 is 9.88 Å². The number of aromatic nitrogens is 2. The Kier molecular flexibility index (Phi) is 7.21. The van der Waals surface area contributed by atoms with Crippen molar-refractivity contribution in [2.75, 3.05) is 18.0 Å². The lowest BCUT2D eigenvalue weighted by Crippen LogP contribution is -2.57. The number of amides is 1. The highest BCUT2D eigenvalue weighted by Gasteiger charge is 2.37. The molecule has 1 aromatic heterocycles. The second-order valence-electron chi connectivity index (χ2n) is 8.79. The minimum Gasteiger partial charge on any atom is -0.347 e. The molecule has 1 aliphatic heterocycles. The Labute approximate surface area is 195 Å². The quantitative estimate of drug-likeness (QED) is 0.546. The Morgan fingerprint density at radius 2 is 2.00 bits per heavy atom. The van der Waals surface area contributed by atoms with E-state index in [1.807, 2.05) is 53.6 Å². The number of hydrogen-bond acceptors (Lipinski definition) is 4. The molecule has 33 heavy (non-hydrogen) atoms. The van der Waals surface area contributed by atoms with Crippen molar-refractivity contribution in [1.82, 2.24) is 14.9 Å². The summed E-state index contributed by atoms with van der Waals surface area (Å²) < 4.78 is 0. The van der Waals surface area contributed by atoms with Crippen LogP contribution in [0.25, 0.3) is 0 Å². The van der Waals surface area contributed by atoms with Gasteiger partial charge in [0.25, 0.3) is 0 Å². The zero-order chi connectivity index (χ0) is 23.2. The Morgan fingerprint density at radius 1 is 1.21 bits per heavy atom. The van der Waals surface area contributed by atoms with Crippen molar-refractivity contribution in [3.8, 4) is 6.07 Å². The summed E-state index contributed by atoms with van der Waals surface area (Å²) in [5.74, 6) is 0.126. The molecule has 0 bridgehead atoms. The van der Waals surface area contributed by atoms with Crippen LogP contribution in [-0.4, -0.2) is 39.9 Å². The van der Waals surface area contributed by atoms with E-state index in [1.165, 1.54) is 0 Å². The number of carbonyl (C=O) groups is 1. The van der Waals surface area contributed by atoms with Gasteiger partial charge in [-0.3, -0.25) is 9.69 Å². The van der Waals surface area contributed by atoms with Crippen molar-refractivity contribution in [2.24, 2.45) is 0 Å². The molecule has 2 atom stereocenters. The second-order valence-corrected chi connectivity index (χ2v) is 8.79. The smallest absolute Gasteiger partial charge is 0.241 e. The molecule has 1 aliphatic rings. The molecule has 1 saturated heterocycles. The number of piperazine rings is 1. The lowest BCUT2D eigenvalue weighted by Gasteiger charge is -2.45. The highest BCUT2D eigenvalue weighted by Crippen LogP contribution is 2.32. The topological polar surface area (TPSA) is 76.0 Å². The maximum atomic E-state index is 13.4. The van der Waals surface area contributed by atoms with E-state index in [0.717, 1.165) is 48.2 Å². The number of para-hydroxylation sites is 1. The minimum atomic E-state index is 0.00487. The predicted molar refractivity (Wildman–Crippen MR) is 130 cm³/mol. The van der Waals surface area contributed by atoms with Gasteiger partial charge in [-0.15, -0.1) is 0 Å². The number of nitrogens with one attached hydrogen (secondary N) is 1. The number of carbonyl (C=O) groups excluding carboxylic acids is 1. The van der Waals surface area contributed by atoms with Gasteiger partial charge in [0.2, 0.25) is 5.91 Å². The van der Waals surface area contributed by atoms with E-state index >= 15 is 0 Å². The number of imidazole rings is 1. The number of benzene rings is 2. The van der Waals surface area contributed by atoms with E-state index in [4.69, 9.17) is 5.26 Å². The molecular weight excluding hydrogens is 410 g/mol. The number of hydrogen-bond donors (Lipinski definition) is 1. The van der Waals surface area contributed by atoms with Crippen LogP contribution >= 0.6 is 0 Å². The van der Waals surface area contributed by atoms with Crippen LogP contribution in [0.1, 0.15) is 54.6 Å². The average molecular weight is 442 g/mol. The first kappa shape index (κ1) is 22.8. The Hall–Kier alpha value is -3.43. The third kappa shape index (κ3) is 5.15. The fraction of sp³-hybridized carbons (Fsp3) is 0.370. The first-order chi connectivity index (χ1) is 16.1. The van der Waals surface area contributed by atoms with Gasteiger partial charge in [-0.25, -0.2) is 4.98 Å². The van der Waals surface area contributed by atoms with Gasteiger partial charge in [-0.2, -0.15) is 5.26 Å². The molecule has 2 aromatic carbocycles. The zero-order valence-electron chi connectivity index (χ0n) is 19.4. The molecule has 3 aromatic rings. The molecule has 0 spiro atoms. The van der Waals surface area contributed by atoms with Crippen LogP contribution in [0.15, 0.2) is 61.1 Å². The van der Waals surface area contributed by atoms with Gasteiger partial charge in [0, 0.05) is 24.5 Å². The summed E-state index contributed by atoms with van der Waals surface area (Å²) in [6.45, 7) is 5.32. The summed E-state index contributed by atoms with van der Waals surface area (Å²) in [7, 11) is 0. The van der Waals surface area contributed by atoms with Crippen LogP contribution in [0.3, 0.4) is 0 Å². The number of aryl methyl sites for hydroxylation is 1. The zero-order valence-corrected chi connectivity index (χ0v) is 19.4. The Bertz CT molecular complexity index is 1100. The minimum absolute atomic E-state index is 0.00487. The van der Waals surface area contributed by atoms with E-state index in [1.54, 1.807) is 6.33 Å². The lowest BCUT2D eigenvalue weighted by atomic mass is 9.95. The summed E-state index contributed by atoms with van der Waals surface area (Å²) in [6.07, 6.45) is 7.58. The standard InChI is InChI=1S/C27H31N5O/c1-3-4-8-23-17-32(25-9-6-5-7-20(25)2)27(33)18-31(23)26(24-16-29-19-30-24)14-21-10-12-22(15-28)13-11-21/h5-7,9-13,16,19,23,26H,3-4,8,14,17-18H2,1-2H3,(H,29,30). The van der Waals surface area contributed by atoms with Crippen molar-refractivity contribution in [3.63, 3.8) is 0 Å². The number of aromatic amines is 1. The average Bonchev–Trinajstić information content (AvgIpc) is 3.37.